The Morgan fingerprint density at radius 1 is 1.09 bits per heavy atom. The number of rotatable bonds is 7. The zero-order valence-electron chi connectivity index (χ0n) is 19.3. The molecule has 178 valence electrons. The number of aromatic nitrogens is 2. The van der Waals surface area contributed by atoms with E-state index in [1.165, 1.54) is 12.0 Å². The maximum Gasteiger partial charge on any atom is 0.354 e. The first kappa shape index (κ1) is 22.6. The Morgan fingerprint density at radius 3 is 2.57 bits per heavy atom. The van der Waals surface area contributed by atoms with Crippen molar-refractivity contribution in [3.05, 3.63) is 77.6 Å². The van der Waals surface area contributed by atoms with Crippen molar-refractivity contribution in [3.63, 3.8) is 0 Å². The zero-order chi connectivity index (χ0) is 24.5. The molecule has 0 bridgehead atoms. The summed E-state index contributed by atoms with van der Waals surface area (Å²) < 4.78 is 7.03. The smallest absolute Gasteiger partial charge is 0.354 e. The summed E-state index contributed by atoms with van der Waals surface area (Å²) >= 11 is 0. The number of para-hydroxylation sites is 1. The molecule has 35 heavy (non-hydrogen) atoms. The van der Waals surface area contributed by atoms with Crippen LogP contribution in [0.1, 0.15) is 34.6 Å². The summed E-state index contributed by atoms with van der Waals surface area (Å²) in [5, 5.41) is 11.5. The molecule has 4 aromatic rings. The van der Waals surface area contributed by atoms with Gasteiger partial charge in [-0.3, -0.25) is 4.79 Å². The standard InChI is InChI=1S/C27H25N3O5/c1-35-27(34)23-11-12-24(31)29(23)14-13-20-25-19(15-21(28-20)26(32)33)18-9-5-6-10-22(18)30(25)16-17-7-3-2-4-8-17/h2-10,15,23H,11-14,16H2,1H3,(H,32,33). The maximum absolute atomic E-state index is 12.5. The highest BCUT2D eigenvalue weighted by atomic mass is 16.5. The summed E-state index contributed by atoms with van der Waals surface area (Å²) in [6, 6.07) is 18.9. The van der Waals surface area contributed by atoms with Gasteiger partial charge in [0.1, 0.15) is 11.7 Å². The normalized spacial score (nSPS) is 15.7. The molecule has 1 amide bonds. The number of aromatic carboxylic acids is 1. The molecular weight excluding hydrogens is 446 g/mol. The number of amides is 1. The lowest BCUT2D eigenvalue weighted by atomic mass is 10.1. The van der Waals surface area contributed by atoms with E-state index in [9.17, 15) is 19.5 Å². The fourth-order valence-corrected chi connectivity index (χ4v) is 4.99. The number of methoxy groups -OCH3 is 1. The highest BCUT2D eigenvalue weighted by molar-refractivity contribution is 6.10. The predicted molar refractivity (Wildman–Crippen MR) is 130 cm³/mol. The summed E-state index contributed by atoms with van der Waals surface area (Å²) in [5.74, 6) is -1.67. The van der Waals surface area contributed by atoms with Gasteiger partial charge < -0.3 is 19.3 Å². The number of likely N-dealkylation sites (tertiary alicyclic amines) is 1. The predicted octanol–water partition coefficient (Wildman–Crippen LogP) is 3.64. The van der Waals surface area contributed by atoms with Gasteiger partial charge in [-0.1, -0.05) is 48.5 Å². The van der Waals surface area contributed by atoms with Crippen LogP contribution in [0.2, 0.25) is 0 Å². The number of carbonyl (C=O) groups excluding carboxylic acids is 2. The van der Waals surface area contributed by atoms with E-state index in [0.29, 0.717) is 25.1 Å². The minimum Gasteiger partial charge on any atom is -0.477 e. The lowest BCUT2D eigenvalue weighted by Crippen LogP contribution is -2.40. The van der Waals surface area contributed by atoms with Crippen molar-refractivity contribution in [2.45, 2.75) is 31.8 Å². The van der Waals surface area contributed by atoms with Gasteiger partial charge in [-0.2, -0.15) is 0 Å². The fraction of sp³-hybridized carbons (Fsp3) is 0.259. The van der Waals surface area contributed by atoms with Gasteiger partial charge in [0.05, 0.1) is 18.3 Å². The molecule has 0 aliphatic carbocycles. The van der Waals surface area contributed by atoms with Crippen LogP contribution in [0, 0.1) is 0 Å². The molecule has 1 unspecified atom stereocenters. The first-order chi connectivity index (χ1) is 17.0. The molecule has 0 saturated carbocycles. The summed E-state index contributed by atoms with van der Waals surface area (Å²) in [4.78, 5) is 42.7. The van der Waals surface area contributed by atoms with E-state index in [-0.39, 0.29) is 24.6 Å². The topological polar surface area (TPSA) is 102 Å². The molecule has 1 N–H and O–H groups in total. The van der Waals surface area contributed by atoms with Crippen LogP contribution >= 0.6 is 0 Å². The minimum absolute atomic E-state index is 0.0487. The van der Waals surface area contributed by atoms with Crippen LogP contribution in [0.3, 0.4) is 0 Å². The van der Waals surface area contributed by atoms with Crippen molar-refractivity contribution < 1.29 is 24.2 Å². The number of esters is 1. The second-order valence-electron chi connectivity index (χ2n) is 8.66. The molecule has 1 aliphatic rings. The SMILES string of the molecule is COC(=O)C1CCC(=O)N1CCc1nc(C(=O)O)cc2c3ccccc3n(Cc3ccccc3)c12. The molecule has 5 rings (SSSR count). The second kappa shape index (κ2) is 9.21. The summed E-state index contributed by atoms with van der Waals surface area (Å²) in [6.45, 7) is 0.829. The lowest BCUT2D eigenvalue weighted by molar-refractivity contribution is -0.149. The first-order valence-corrected chi connectivity index (χ1v) is 11.5. The van der Waals surface area contributed by atoms with Gasteiger partial charge in [0.2, 0.25) is 5.91 Å². The van der Waals surface area contributed by atoms with Gasteiger partial charge in [0, 0.05) is 42.2 Å². The lowest BCUT2D eigenvalue weighted by Gasteiger charge is -2.23. The van der Waals surface area contributed by atoms with Crippen molar-refractivity contribution in [1.29, 1.82) is 0 Å². The van der Waals surface area contributed by atoms with Gasteiger partial charge in [0.25, 0.3) is 0 Å². The minimum atomic E-state index is -1.11. The Balaban J connectivity index is 1.64. The number of hydrogen-bond donors (Lipinski definition) is 1. The number of ether oxygens (including phenoxy) is 1. The van der Waals surface area contributed by atoms with Crippen molar-refractivity contribution in [3.8, 4) is 0 Å². The number of hydrogen-bond acceptors (Lipinski definition) is 5. The van der Waals surface area contributed by atoms with Crippen LogP contribution < -0.4 is 0 Å². The van der Waals surface area contributed by atoms with Gasteiger partial charge in [-0.15, -0.1) is 0 Å². The van der Waals surface area contributed by atoms with Crippen molar-refractivity contribution >= 4 is 39.7 Å². The third-order valence-electron chi connectivity index (χ3n) is 6.61. The molecule has 0 radical (unpaired) electrons. The van der Waals surface area contributed by atoms with E-state index in [1.807, 2.05) is 54.6 Å². The maximum atomic E-state index is 12.5. The Hall–Kier alpha value is -4.20. The Labute approximate surface area is 201 Å². The largest absolute Gasteiger partial charge is 0.477 e. The number of carbonyl (C=O) groups is 3. The van der Waals surface area contributed by atoms with Crippen LogP contribution in [0.5, 0.6) is 0 Å². The Morgan fingerprint density at radius 2 is 1.83 bits per heavy atom. The van der Waals surface area contributed by atoms with E-state index in [0.717, 1.165) is 27.4 Å². The third kappa shape index (κ3) is 4.12. The van der Waals surface area contributed by atoms with Crippen LogP contribution in [0.25, 0.3) is 21.8 Å². The molecular formula is C27H25N3O5. The average molecular weight is 472 g/mol. The molecule has 1 fully saturated rings. The van der Waals surface area contributed by atoms with Crippen molar-refractivity contribution in [2.24, 2.45) is 0 Å². The van der Waals surface area contributed by atoms with Crippen LogP contribution in [-0.4, -0.2) is 57.1 Å². The molecule has 1 saturated heterocycles. The first-order valence-electron chi connectivity index (χ1n) is 11.5. The van der Waals surface area contributed by atoms with Crippen LogP contribution in [-0.2, 0) is 27.3 Å². The third-order valence-corrected chi connectivity index (χ3v) is 6.61. The number of nitrogens with zero attached hydrogens (tertiary/aromatic N) is 3. The number of fused-ring (bicyclic) bond motifs is 3. The second-order valence-corrected chi connectivity index (χ2v) is 8.66. The van der Waals surface area contributed by atoms with E-state index in [4.69, 9.17) is 4.74 Å². The van der Waals surface area contributed by atoms with Crippen molar-refractivity contribution in [2.75, 3.05) is 13.7 Å². The quantitative estimate of drug-likeness (QED) is 0.413. The van der Waals surface area contributed by atoms with Gasteiger partial charge >= 0.3 is 11.9 Å². The Bertz CT molecular complexity index is 1440. The number of carboxylic acid groups (broad SMARTS) is 1. The van der Waals surface area contributed by atoms with E-state index in [1.54, 1.807) is 6.07 Å². The molecule has 8 heteroatoms. The zero-order valence-corrected chi connectivity index (χ0v) is 19.3. The van der Waals surface area contributed by atoms with Crippen LogP contribution in [0.15, 0.2) is 60.7 Å². The van der Waals surface area contributed by atoms with Gasteiger partial charge in [0.15, 0.2) is 0 Å². The highest BCUT2D eigenvalue weighted by Crippen LogP contribution is 2.33. The molecule has 2 aromatic carbocycles. The molecule has 1 atom stereocenters. The van der Waals surface area contributed by atoms with Crippen LogP contribution in [0.4, 0.5) is 0 Å². The monoisotopic (exact) mass is 471 g/mol. The molecule has 8 nitrogen and oxygen atoms in total. The molecule has 3 heterocycles. The molecule has 1 aliphatic heterocycles. The summed E-state index contributed by atoms with van der Waals surface area (Å²) in [6.07, 6.45) is 1.01. The number of benzene rings is 2. The average Bonchev–Trinajstić information content (AvgIpc) is 3.40. The van der Waals surface area contributed by atoms with E-state index < -0.39 is 18.0 Å². The van der Waals surface area contributed by atoms with E-state index >= 15 is 0 Å². The number of carboxylic acids is 1. The summed E-state index contributed by atoms with van der Waals surface area (Å²) in [7, 11) is 1.31. The summed E-state index contributed by atoms with van der Waals surface area (Å²) in [5.41, 5.74) is 3.44. The van der Waals surface area contributed by atoms with Gasteiger partial charge in [-0.05, 0) is 24.1 Å². The fourth-order valence-electron chi connectivity index (χ4n) is 4.99. The van der Waals surface area contributed by atoms with Gasteiger partial charge in [-0.25, -0.2) is 14.6 Å². The highest BCUT2D eigenvalue weighted by Gasteiger charge is 2.36. The Kier molecular flexibility index (Phi) is 5.94. The molecule has 2 aromatic heterocycles. The number of pyridine rings is 1. The molecule has 0 spiro atoms. The van der Waals surface area contributed by atoms with Crippen molar-refractivity contribution in [1.82, 2.24) is 14.5 Å². The van der Waals surface area contributed by atoms with E-state index in [2.05, 4.69) is 9.55 Å².